The Balaban J connectivity index is 4.69. The summed E-state index contributed by atoms with van der Waals surface area (Å²) in [5, 5.41) is 25.5. The number of primary amides is 1. The highest BCUT2D eigenvalue weighted by Crippen LogP contribution is 2.01. The number of carboxylic acid groups (broad SMARTS) is 1. The Morgan fingerprint density at radius 3 is 2.13 bits per heavy atom. The van der Waals surface area contributed by atoms with Gasteiger partial charge < -0.3 is 43.4 Å². The van der Waals surface area contributed by atoms with Crippen LogP contribution in [0.1, 0.15) is 39.0 Å². The fourth-order valence-electron chi connectivity index (χ4n) is 2.37. The Morgan fingerprint density at radius 2 is 1.63 bits per heavy atom. The summed E-state index contributed by atoms with van der Waals surface area (Å²) < 4.78 is 0. The van der Waals surface area contributed by atoms with Crippen molar-refractivity contribution in [1.82, 2.24) is 16.0 Å². The summed E-state index contributed by atoms with van der Waals surface area (Å²) in [4.78, 5) is 58.1. The first-order valence-corrected chi connectivity index (χ1v) is 9.51. The van der Waals surface area contributed by atoms with Crippen LogP contribution in [0.5, 0.6) is 0 Å². The molecular weight excluding hydrogens is 400 g/mol. The molecule has 0 saturated heterocycles. The molecule has 0 aliphatic carbocycles. The maximum absolute atomic E-state index is 12.2. The quantitative estimate of drug-likeness (QED) is 0.118. The zero-order valence-corrected chi connectivity index (χ0v) is 16.9. The van der Waals surface area contributed by atoms with Crippen LogP contribution in [0.15, 0.2) is 0 Å². The van der Waals surface area contributed by atoms with Crippen molar-refractivity contribution in [1.29, 1.82) is 0 Å². The van der Waals surface area contributed by atoms with E-state index >= 15 is 0 Å². The molecule has 0 aliphatic heterocycles. The highest BCUT2D eigenvalue weighted by Gasteiger charge is 2.28. The first-order chi connectivity index (χ1) is 14.0. The van der Waals surface area contributed by atoms with E-state index in [4.69, 9.17) is 22.3 Å². The lowest BCUT2D eigenvalue weighted by molar-refractivity contribution is -0.142. The number of nitrogens with one attached hydrogen (secondary N) is 3. The fraction of sp³-hybridized carbons (Fsp3) is 0.706. The lowest BCUT2D eigenvalue weighted by Crippen LogP contribution is -2.57. The number of aliphatic hydroxyl groups excluding tert-OH is 1. The van der Waals surface area contributed by atoms with Crippen molar-refractivity contribution in [3.05, 3.63) is 0 Å². The van der Waals surface area contributed by atoms with E-state index in [9.17, 15) is 29.1 Å². The van der Waals surface area contributed by atoms with Crippen LogP contribution in [0.2, 0.25) is 0 Å². The van der Waals surface area contributed by atoms with Gasteiger partial charge in [0, 0.05) is 6.42 Å². The molecule has 0 aromatic heterocycles. The van der Waals surface area contributed by atoms with Gasteiger partial charge in [0.05, 0.1) is 18.7 Å². The van der Waals surface area contributed by atoms with Crippen molar-refractivity contribution in [3.8, 4) is 0 Å². The molecule has 0 aromatic carbocycles. The third-order valence-corrected chi connectivity index (χ3v) is 4.10. The highest BCUT2D eigenvalue weighted by molar-refractivity contribution is 5.93. The minimum atomic E-state index is -1.37. The molecule has 0 radical (unpaired) electrons. The lowest BCUT2D eigenvalue weighted by Gasteiger charge is -2.23. The van der Waals surface area contributed by atoms with Crippen LogP contribution in [0, 0.1) is 0 Å². The van der Waals surface area contributed by atoms with Crippen LogP contribution in [-0.4, -0.2) is 77.1 Å². The molecule has 172 valence electrons. The van der Waals surface area contributed by atoms with Crippen molar-refractivity contribution in [3.63, 3.8) is 0 Å². The summed E-state index contributed by atoms with van der Waals surface area (Å²) in [5.74, 6) is -4.43. The van der Waals surface area contributed by atoms with Crippen LogP contribution in [0.3, 0.4) is 0 Å². The van der Waals surface area contributed by atoms with Gasteiger partial charge in [0.15, 0.2) is 0 Å². The number of rotatable bonds is 15. The first-order valence-electron chi connectivity index (χ1n) is 9.51. The van der Waals surface area contributed by atoms with Crippen molar-refractivity contribution in [2.75, 3.05) is 13.1 Å². The maximum Gasteiger partial charge on any atom is 0.326 e. The lowest BCUT2D eigenvalue weighted by atomic mass is 10.1. The minimum Gasteiger partial charge on any atom is -0.480 e. The second kappa shape index (κ2) is 14.3. The van der Waals surface area contributed by atoms with Gasteiger partial charge in [-0.3, -0.25) is 19.2 Å². The third kappa shape index (κ3) is 11.3. The predicted octanol–water partition coefficient (Wildman–Crippen LogP) is -3.74. The van der Waals surface area contributed by atoms with E-state index in [0.29, 0.717) is 25.8 Å². The molecular formula is C17H32N6O7. The normalized spacial score (nSPS) is 14.7. The standard InChI is InChI=1S/C17H32N6O7/c1-9(24)14(23-15(27)10(19)4-2-3-7-18)16(28)21-8-13(26)22-11(17(29)30)5-6-12(20)25/h9-11,14,24H,2-8,18-19H2,1H3,(H2,20,25)(H,21,28)(H,22,26)(H,23,27)(H,29,30). The van der Waals surface area contributed by atoms with E-state index in [1.54, 1.807) is 0 Å². The number of amides is 4. The van der Waals surface area contributed by atoms with E-state index in [1.165, 1.54) is 6.92 Å². The monoisotopic (exact) mass is 432 g/mol. The van der Waals surface area contributed by atoms with Gasteiger partial charge in [0.25, 0.3) is 0 Å². The third-order valence-electron chi connectivity index (χ3n) is 4.10. The molecule has 4 atom stereocenters. The maximum atomic E-state index is 12.2. The number of carbonyl (C=O) groups is 5. The second-order valence-corrected chi connectivity index (χ2v) is 6.80. The molecule has 0 spiro atoms. The largest absolute Gasteiger partial charge is 0.480 e. The van der Waals surface area contributed by atoms with Gasteiger partial charge in [-0.1, -0.05) is 6.42 Å². The molecule has 0 heterocycles. The minimum absolute atomic E-state index is 0.210. The molecule has 13 heteroatoms. The molecule has 0 saturated carbocycles. The molecule has 0 aliphatic rings. The van der Waals surface area contributed by atoms with Crippen molar-refractivity contribution >= 4 is 29.6 Å². The van der Waals surface area contributed by atoms with Gasteiger partial charge in [0.2, 0.25) is 23.6 Å². The zero-order chi connectivity index (χ0) is 23.3. The van der Waals surface area contributed by atoms with Gasteiger partial charge in [-0.2, -0.15) is 0 Å². The molecule has 4 unspecified atom stereocenters. The Kier molecular flexibility index (Phi) is 12.9. The van der Waals surface area contributed by atoms with Crippen LogP contribution in [0.25, 0.3) is 0 Å². The number of carbonyl (C=O) groups excluding carboxylic acids is 4. The number of hydrogen-bond donors (Lipinski definition) is 8. The van der Waals surface area contributed by atoms with Crippen LogP contribution in [0.4, 0.5) is 0 Å². The van der Waals surface area contributed by atoms with Crippen molar-refractivity contribution < 1.29 is 34.2 Å². The zero-order valence-electron chi connectivity index (χ0n) is 16.9. The molecule has 11 N–H and O–H groups in total. The van der Waals surface area contributed by atoms with E-state index < -0.39 is 60.4 Å². The summed E-state index contributed by atoms with van der Waals surface area (Å²) in [5.41, 5.74) is 16.1. The summed E-state index contributed by atoms with van der Waals surface area (Å²) in [7, 11) is 0. The highest BCUT2D eigenvalue weighted by atomic mass is 16.4. The topological polar surface area (TPSA) is 240 Å². The number of unbranched alkanes of at least 4 members (excludes halogenated alkanes) is 1. The van der Waals surface area contributed by atoms with Gasteiger partial charge in [0.1, 0.15) is 12.1 Å². The van der Waals surface area contributed by atoms with Crippen molar-refractivity contribution in [2.45, 2.75) is 63.3 Å². The van der Waals surface area contributed by atoms with E-state index in [-0.39, 0.29) is 12.8 Å². The molecule has 4 amide bonds. The van der Waals surface area contributed by atoms with Crippen LogP contribution >= 0.6 is 0 Å². The SMILES string of the molecule is CC(O)C(NC(=O)C(N)CCCCN)C(=O)NCC(=O)NC(CCC(N)=O)C(=O)O. The number of hydrogen-bond acceptors (Lipinski definition) is 8. The second-order valence-electron chi connectivity index (χ2n) is 6.80. The summed E-state index contributed by atoms with van der Waals surface area (Å²) in [6.45, 7) is 1.12. The Morgan fingerprint density at radius 1 is 1.00 bits per heavy atom. The van der Waals surface area contributed by atoms with E-state index in [1.807, 2.05) is 0 Å². The molecule has 30 heavy (non-hydrogen) atoms. The predicted molar refractivity (Wildman–Crippen MR) is 105 cm³/mol. The first kappa shape index (κ1) is 27.2. The molecule has 13 nitrogen and oxygen atoms in total. The Hall–Kier alpha value is -2.77. The molecule has 0 rings (SSSR count). The smallest absolute Gasteiger partial charge is 0.326 e. The van der Waals surface area contributed by atoms with Crippen molar-refractivity contribution in [2.24, 2.45) is 17.2 Å². The Bertz CT molecular complexity index is 613. The summed E-state index contributed by atoms with van der Waals surface area (Å²) >= 11 is 0. The number of carboxylic acids is 1. The summed E-state index contributed by atoms with van der Waals surface area (Å²) in [6.07, 6.45) is -0.0775. The average Bonchev–Trinajstić information content (AvgIpc) is 2.66. The van der Waals surface area contributed by atoms with Crippen LogP contribution < -0.4 is 33.2 Å². The fourth-order valence-corrected chi connectivity index (χ4v) is 2.37. The number of aliphatic carboxylic acids is 1. The molecule has 0 fully saturated rings. The summed E-state index contributed by atoms with van der Waals surface area (Å²) in [6, 6.07) is -3.62. The molecule has 0 aromatic rings. The Labute approximate surface area is 174 Å². The average molecular weight is 432 g/mol. The number of aliphatic hydroxyl groups is 1. The van der Waals surface area contributed by atoms with Gasteiger partial charge in [-0.05, 0) is 32.7 Å². The van der Waals surface area contributed by atoms with Crippen LogP contribution in [-0.2, 0) is 24.0 Å². The van der Waals surface area contributed by atoms with E-state index in [2.05, 4.69) is 16.0 Å². The molecule has 0 bridgehead atoms. The number of nitrogens with two attached hydrogens (primary N) is 3. The van der Waals surface area contributed by atoms with Gasteiger partial charge >= 0.3 is 5.97 Å². The van der Waals surface area contributed by atoms with E-state index in [0.717, 1.165) is 0 Å². The van der Waals surface area contributed by atoms with Gasteiger partial charge in [-0.15, -0.1) is 0 Å². The van der Waals surface area contributed by atoms with Gasteiger partial charge in [-0.25, -0.2) is 4.79 Å².